The van der Waals surface area contributed by atoms with E-state index in [9.17, 15) is 9.59 Å². The van der Waals surface area contributed by atoms with Gasteiger partial charge < -0.3 is 10.6 Å². The van der Waals surface area contributed by atoms with E-state index >= 15 is 0 Å². The lowest BCUT2D eigenvalue weighted by Gasteiger charge is -2.18. The average molecular weight is 378 g/mol. The first-order valence-corrected chi connectivity index (χ1v) is 9.60. The van der Waals surface area contributed by atoms with E-state index in [0.717, 1.165) is 11.3 Å². The van der Waals surface area contributed by atoms with Gasteiger partial charge in [0.2, 0.25) is 5.91 Å². The molecule has 25 heavy (non-hydrogen) atoms. The molecule has 7 heteroatoms. The van der Waals surface area contributed by atoms with E-state index in [1.807, 2.05) is 18.4 Å². The molecule has 0 aliphatic carbocycles. The van der Waals surface area contributed by atoms with Gasteiger partial charge in [-0.15, -0.1) is 0 Å². The van der Waals surface area contributed by atoms with Crippen LogP contribution in [0.5, 0.6) is 0 Å². The summed E-state index contributed by atoms with van der Waals surface area (Å²) in [6.07, 6.45) is 5.87. The van der Waals surface area contributed by atoms with Crippen molar-refractivity contribution in [1.29, 1.82) is 0 Å². The molecule has 0 saturated heterocycles. The van der Waals surface area contributed by atoms with E-state index in [4.69, 9.17) is 11.6 Å². The number of carbonyl (C=O) groups is 2. The minimum atomic E-state index is -0.618. The molecule has 1 aromatic heterocycles. The van der Waals surface area contributed by atoms with Crippen LogP contribution in [0, 0.1) is 0 Å². The third kappa shape index (κ3) is 6.07. The fraction of sp³-hybridized carbons (Fsp3) is 0.278. The maximum Gasteiger partial charge on any atom is 0.253 e. The van der Waals surface area contributed by atoms with Crippen LogP contribution in [0.2, 0.25) is 5.02 Å². The number of benzene rings is 1. The van der Waals surface area contributed by atoms with Crippen LogP contribution in [0.15, 0.2) is 48.8 Å². The van der Waals surface area contributed by atoms with Crippen LogP contribution in [-0.2, 0) is 11.3 Å². The second kappa shape index (κ2) is 10.1. The van der Waals surface area contributed by atoms with Crippen molar-refractivity contribution in [2.45, 2.75) is 19.0 Å². The number of amides is 2. The largest absolute Gasteiger partial charge is 0.350 e. The monoisotopic (exact) mass is 377 g/mol. The number of halogens is 1. The third-order valence-electron chi connectivity index (χ3n) is 3.54. The summed E-state index contributed by atoms with van der Waals surface area (Å²) in [5, 5.41) is 5.98. The number of nitrogens with zero attached hydrogens (tertiary/aromatic N) is 1. The number of nitrogens with one attached hydrogen (secondary N) is 2. The number of hydrogen-bond donors (Lipinski definition) is 2. The zero-order valence-electron chi connectivity index (χ0n) is 13.9. The molecule has 5 nitrogen and oxygen atoms in total. The molecule has 1 unspecified atom stereocenters. The molecular formula is C18H20ClN3O2S. The van der Waals surface area contributed by atoms with E-state index in [2.05, 4.69) is 15.6 Å². The van der Waals surface area contributed by atoms with Crippen LogP contribution in [0.25, 0.3) is 0 Å². The fourth-order valence-corrected chi connectivity index (χ4v) is 2.89. The average Bonchev–Trinajstić information content (AvgIpc) is 2.64. The van der Waals surface area contributed by atoms with Gasteiger partial charge in [-0.3, -0.25) is 14.6 Å². The van der Waals surface area contributed by atoms with E-state index in [1.54, 1.807) is 48.4 Å². The predicted octanol–water partition coefficient (Wildman–Crippen LogP) is 2.90. The van der Waals surface area contributed by atoms with E-state index in [0.29, 0.717) is 23.6 Å². The summed E-state index contributed by atoms with van der Waals surface area (Å²) in [5.41, 5.74) is 1.26. The molecule has 2 aromatic rings. The van der Waals surface area contributed by atoms with Crippen LogP contribution in [0.3, 0.4) is 0 Å². The molecule has 0 bridgehead atoms. The Hall–Kier alpha value is -2.05. The Labute approximate surface area is 156 Å². The molecule has 0 fully saturated rings. The molecule has 2 rings (SSSR count). The van der Waals surface area contributed by atoms with Gasteiger partial charge in [-0.05, 0) is 42.2 Å². The zero-order valence-corrected chi connectivity index (χ0v) is 15.4. The Balaban J connectivity index is 2.00. The maximum absolute atomic E-state index is 12.5. The molecule has 0 aliphatic rings. The molecule has 1 heterocycles. The highest BCUT2D eigenvalue weighted by atomic mass is 35.5. The van der Waals surface area contributed by atoms with E-state index < -0.39 is 6.04 Å². The molecule has 1 atom stereocenters. The Morgan fingerprint density at radius 1 is 1.24 bits per heavy atom. The second-order valence-electron chi connectivity index (χ2n) is 5.37. The standard InChI is InChI=1S/C18H20ClN3O2S/c1-25-10-8-16(18(24)21-12-13-5-4-9-20-11-13)22-17(23)14-6-2-3-7-15(14)19/h2-7,9,11,16H,8,10,12H2,1H3,(H,21,24)(H,22,23). The minimum absolute atomic E-state index is 0.224. The van der Waals surface area contributed by atoms with Crippen molar-refractivity contribution < 1.29 is 9.59 Å². The normalized spacial score (nSPS) is 11.6. The molecule has 0 aliphatic heterocycles. The Bertz CT molecular complexity index is 712. The van der Waals surface area contributed by atoms with Gasteiger partial charge in [0.05, 0.1) is 10.6 Å². The molecule has 1 aromatic carbocycles. The van der Waals surface area contributed by atoms with Gasteiger partial charge in [-0.1, -0.05) is 29.8 Å². The van der Waals surface area contributed by atoms with Gasteiger partial charge >= 0.3 is 0 Å². The van der Waals surface area contributed by atoms with Crippen LogP contribution in [0.1, 0.15) is 22.3 Å². The third-order valence-corrected chi connectivity index (χ3v) is 4.51. The van der Waals surface area contributed by atoms with E-state index in [-0.39, 0.29) is 11.8 Å². The molecule has 0 saturated carbocycles. The highest BCUT2D eigenvalue weighted by molar-refractivity contribution is 7.98. The van der Waals surface area contributed by atoms with Crippen LogP contribution < -0.4 is 10.6 Å². The fourth-order valence-electron chi connectivity index (χ4n) is 2.20. The lowest BCUT2D eigenvalue weighted by atomic mass is 10.1. The first kappa shape index (κ1) is 19.3. The number of carbonyl (C=O) groups excluding carboxylic acids is 2. The molecule has 0 radical (unpaired) electrons. The topological polar surface area (TPSA) is 71.1 Å². The lowest BCUT2D eigenvalue weighted by molar-refractivity contribution is -0.123. The Morgan fingerprint density at radius 2 is 2.04 bits per heavy atom. The van der Waals surface area contributed by atoms with Crippen molar-refractivity contribution in [2.24, 2.45) is 0 Å². The summed E-state index contributed by atoms with van der Waals surface area (Å²) in [6.45, 7) is 0.365. The number of thioether (sulfide) groups is 1. The molecular weight excluding hydrogens is 358 g/mol. The summed E-state index contributed by atoms with van der Waals surface area (Å²) in [5.74, 6) is 0.180. The second-order valence-corrected chi connectivity index (χ2v) is 6.76. The number of pyridine rings is 1. The molecule has 2 amide bonds. The number of rotatable bonds is 8. The van der Waals surface area contributed by atoms with Gasteiger partial charge in [0.15, 0.2) is 0 Å². The number of aromatic nitrogens is 1. The maximum atomic E-state index is 12.5. The molecule has 0 spiro atoms. The number of hydrogen-bond acceptors (Lipinski definition) is 4. The first-order valence-electron chi connectivity index (χ1n) is 7.82. The van der Waals surface area contributed by atoms with Gasteiger partial charge in [-0.25, -0.2) is 0 Å². The summed E-state index contributed by atoms with van der Waals surface area (Å²) in [6, 6.07) is 9.85. The van der Waals surface area contributed by atoms with Gasteiger partial charge in [-0.2, -0.15) is 11.8 Å². The van der Waals surface area contributed by atoms with Gasteiger partial charge in [0, 0.05) is 18.9 Å². The summed E-state index contributed by atoms with van der Waals surface area (Å²) in [7, 11) is 0. The van der Waals surface area contributed by atoms with Crippen molar-refractivity contribution in [1.82, 2.24) is 15.6 Å². The Kier molecular flexibility index (Phi) is 7.76. The van der Waals surface area contributed by atoms with Crippen molar-refractivity contribution in [3.63, 3.8) is 0 Å². The van der Waals surface area contributed by atoms with Gasteiger partial charge in [0.25, 0.3) is 5.91 Å². The van der Waals surface area contributed by atoms with Crippen molar-refractivity contribution >= 4 is 35.2 Å². The highest BCUT2D eigenvalue weighted by Gasteiger charge is 2.21. The van der Waals surface area contributed by atoms with Crippen LogP contribution in [-0.4, -0.2) is 34.8 Å². The van der Waals surface area contributed by atoms with E-state index in [1.165, 1.54) is 0 Å². The van der Waals surface area contributed by atoms with Crippen molar-refractivity contribution in [3.8, 4) is 0 Å². The highest BCUT2D eigenvalue weighted by Crippen LogP contribution is 2.15. The first-order chi connectivity index (χ1) is 12.1. The van der Waals surface area contributed by atoms with Crippen LogP contribution >= 0.6 is 23.4 Å². The summed E-state index contributed by atoms with van der Waals surface area (Å²) < 4.78 is 0. The van der Waals surface area contributed by atoms with Crippen molar-refractivity contribution in [2.75, 3.05) is 12.0 Å². The lowest BCUT2D eigenvalue weighted by Crippen LogP contribution is -2.47. The minimum Gasteiger partial charge on any atom is -0.350 e. The quantitative estimate of drug-likeness (QED) is 0.742. The van der Waals surface area contributed by atoms with Crippen molar-refractivity contribution in [3.05, 3.63) is 64.9 Å². The summed E-state index contributed by atoms with van der Waals surface area (Å²) >= 11 is 7.68. The van der Waals surface area contributed by atoms with Crippen LogP contribution in [0.4, 0.5) is 0 Å². The molecule has 132 valence electrons. The SMILES string of the molecule is CSCCC(NC(=O)c1ccccc1Cl)C(=O)NCc1cccnc1. The summed E-state index contributed by atoms with van der Waals surface area (Å²) in [4.78, 5) is 28.9. The molecule has 2 N–H and O–H groups in total. The smallest absolute Gasteiger partial charge is 0.253 e. The van der Waals surface area contributed by atoms with Gasteiger partial charge in [0.1, 0.15) is 6.04 Å². The predicted molar refractivity (Wildman–Crippen MR) is 102 cm³/mol. The zero-order chi connectivity index (χ0) is 18.1. The Morgan fingerprint density at radius 3 is 2.72 bits per heavy atom.